The van der Waals surface area contributed by atoms with E-state index >= 15 is 4.39 Å². The normalized spacial score (nSPS) is 31.8. The van der Waals surface area contributed by atoms with Crippen molar-refractivity contribution in [3.8, 4) is 5.75 Å². The molecule has 0 aliphatic carbocycles. The van der Waals surface area contributed by atoms with Gasteiger partial charge in [0, 0.05) is 5.69 Å². The number of anilines is 1. The molecule has 0 bridgehead atoms. The number of nitrogens with zero attached hydrogens (tertiary/aromatic N) is 1. The lowest BCUT2D eigenvalue weighted by Gasteiger charge is -2.56. The van der Waals surface area contributed by atoms with Crippen LogP contribution >= 0.6 is 0 Å². The Morgan fingerprint density at radius 3 is 2.36 bits per heavy atom. The quantitative estimate of drug-likeness (QED) is 0.839. The average molecular weight is 353 g/mol. The van der Waals surface area contributed by atoms with Gasteiger partial charge in [0.2, 0.25) is 5.67 Å². The van der Waals surface area contributed by atoms with Crippen molar-refractivity contribution < 1.29 is 28.5 Å². The third-order valence-electron chi connectivity index (χ3n) is 4.84. The fourth-order valence-electron chi connectivity index (χ4n) is 3.48. The topological polar surface area (TPSA) is 68.2 Å². The zero-order valence-electron chi connectivity index (χ0n) is 15.1. The Morgan fingerprint density at radius 1 is 1.32 bits per heavy atom. The molecular weight excluding hydrogens is 329 g/mol. The molecule has 0 radical (unpaired) electrons. The molecule has 0 saturated carbocycles. The fraction of sp³-hybridized carbons (Fsp3) is 0.611. The van der Waals surface area contributed by atoms with Gasteiger partial charge in [0.25, 0.3) is 5.91 Å². The maximum absolute atomic E-state index is 15.7. The highest BCUT2D eigenvalue weighted by atomic mass is 19.1. The van der Waals surface area contributed by atoms with Crippen LogP contribution in [0, 0.1) is 0 Å². The number of hydrogen-bond acceptors (Lipinski definition) is 5. The number of β-lactam (4-membered cyclic amide) rings is 1. The van der Waals surface area contributed by atoms with Crippen LogP contribution in [0.4, 0.5) is 10.1 Å². The highest BCUT2D eigenvalue weighted by Crippen LogP contribution is 2.49. The SMILES string of the molecule is COc1ccc(N2C(=O)[C@@](F)(C(C)(C)O)[C@@H]2[C@H]2COC(C)(C)O2)cc1. The summed E-state index contributed by atoms with van der Waals surface area (Å²) >= 11 is 0. The van der Waals surface area contributed by atoms with Gasteiger partial charge in [-0.05, 0) is 52.0 Å². The average Bonchev–Trinajstić information content (AvgIpc) is 2.89. The Hall–Kier alpha value is -1.70. The van der Waals surface area contributed by atoms with E-state index in [2.05, 4.69) is 0 Å². The number of amides is 1. The minimum atomic E-state index is -2.46. The molecule has 1 amide bonds. The maximum Gasteiger partial charge on any atom is 0.270 e. The van der Waals surface area contributed by atoms with Gasteiger partial charge in [-0.2, -0.15) is 0 Å². The minimum Gasteiger partial charge on any atom is -0.497 e. The first-order valence-corrected chi connectivity index (χ1v) is 8.22. The second-order valence-electron chi connectivity index (χ2n) is 7.46. The van der Waals surface area contributed by atoms with Crippen LogP contribution < -0.4 is 9.64 Å². The van der Waals surface area contributed by atoms with E-state index in [-0.39, 0.29) is 6.61 Å². The molecular formula is C18H24FNO5. The number of methoxy groups -OCH3 is 1. The first-order valence-electron chi connectivity index (χ1n) is 8.22. The van der Waals surface area contributed by atoms with Gasteiger partial charge >= 0.3 is 0 Å². The Bertz CT molecular complexity index is 669. The summed E-state index contributed by atoms with van der Waals surface area (Å²) in [5, 5.41) is 10.3. The van der Waals surface area contributed by atoms with E-state index in [1.807, 2.05) is 0 Å². The van der Waals surface area contributed by atoms with Crippen LogP contribution in [0.15, 0.2) is 24.3 Å². The predicted octanol–water partition coefficient (Wildman–Crippen LogP) is 2.04. The summed E-state index contributed by atoms with van der Waals surface area (Å²) in [4.78, 5) is 14.0. The van der Waals surface area contributed by atoms with Gasteiger partial charge in [-0.3, -0.25) is 9.69 Å². The van der Waals surface area contributed by atoms with Crippen LogP contribution in [0.5, 0.6) is 5.75 Å². The lowest BCUT2D eigenvalue weighted by molar-refractivity contribution is -0.188. The van der Waals surface area contributed by atoms with Gasteiger partial charge < -0.3 is 19.3 Å². The highest BCUT2D eigenvalue weighted by molar-refractivity contribution is 6.09. The van der Waals surface area contributed by atoms with E-state index in [0.29, 0.717) is 11.4 Å². The molecule has 3 rings (SSSR count). The molecule has 0 aromatic heterocycles. The van der Waals surface area contributed by atoms with Gasteiger partial charge in [0.05, 0.1) is 13.7 Å². The molecule has 0 unspecified atom stereocenters. The minimum absolute atomic E-state index is 0.138. The van der Waals surface area contributed by atoms with E-state index in [9.17, 15) is 9.90 Å². The van der Waals surface area contributed by atoms with Crippen molar-refractivity contribution in [2.75, 3.05) is 18.6 Å². The van der Waals surface area contributed by atoms with Crippen LogP contribution in [0.25, 0.3) is 0 Å². The number of rotatable bonds is 4. The van der Waals surface area contributed by atoms with Gasteiger partial charge in [-0.1, -0.05) is 0 Å². The highest BCUT2D eigenvalue weighted by Gasteiger charge is 2.72. The molecule has 1 aromatic carbocycles. The monoisotopic (exact) mass is 353 g/mol. The summed E-state index contributed by atoms with van der Waals surface area (Å²) in [5.74, 6) is -1.03. The summed E-state index contributed by atoms with van der Waals surface area (Å²) in [6, 6.07) is 5.74. The number of hydrogen-bond donors (Lipinski definition) is 1. The maximum atomic E-state index is 15.7. The lowest BCUT2D eigenvalue weighted by atomic mass is 9.70. The molecule has 25 heavy (non-hydrogen) atoms. The van der Waals surface area contributed by atoms with Crippen LogP contribution in [-0.2, 0) is 14.3 Å². The molecule has 6 nitrogen and oxygen atoms in total. The summed E-state index contributed by atoms with van der Waals surface area (Å²) in [5.41, 5.74) is -3.79. The van der Waals surface area contributed by atoms with Crippen molar-refractivity contribution in [2.45, 2.75) is 56.9 Å². The molecule has 0 spiro atoms. The van der Waals surface area contributed by atoms with Crippen molar-refractivity contribution in [2.24, 2.45) is 0 Å². The Morgan fingerprint density at radius 2 is 1.92 bits per heavy atom. The smallest absolute Gasteiger partial charge is 0.270 e. The first kappa shape index (κ1) is 18.1. The number of aliphatic hydroxyl groups is 1. The van der Waals surface area contributed by atoms with Crippen molar-refractivity contribution in [3.05, 3.63) is 24.3 Å². The van der Waals surface area contributed by atoms with E-state index in [4.69, 9.17) is 14.2 Å². The van der Waals surface area contributed by atoms with Crippen molar-refractivity contribution in [1.82, 2.24) is 0 Å². The number of alkyl halides is 1. The molecule has 1 aromatic rings. The van der Waals surface area contributed by atoms with E-state index in [1.165, 1.54) is 18.7 Å². The molecule has 2 fully saturated rings. The van der Waals surface area contributed by atoms with Crippen molar-refractivity contribution in [3.63, 3.8) is 0 Å². The Balaban J connectivity index is 1.98. The zero-order valence-corrected chi connectivity index (χ0v) is 15.1. The van der Waals surface area contributed by atoms with E-state index in [1.54, 1.807) is 45.2 Å². The molecule has 2 heterocycles. The third-order valence-corrected chi connectivity index (χ3v) is 4.84. The standard InChI is InChI=1S/C18H24FNO5/c1-16(2,22)18(19)14(13-10-24-17(3,4)25-13)20(15(18)21)11-6-8-12(23-5)9-7-11/h6-9,13-14,22H,10H2,1-5H3/t13-,14+,18-/m1/s1. The van der Waals surface area contributed by atoms with E-state index < -0.39 is 35.1 Å². The molecule has 7 heteroatoms. The predicted molar refractivity (Wildman–Crippen MR) is 89.3 cm³/mol. The third kappa shape index (κ3) is 2.70. The lowest BCUT2D eigenvalue weighted by Crippen LogP contribution is -2.82. The molecule has 2 aliphatic heterocycles. The number of carbonyl (C=O) groups is 1. The summed E-state index contributed by atoms with van der Waals surface area (Å²) in [7, 11) is 1.54. The number of benzene rings is 1. The van der Waals surface area contributed by atoms with Crippen LogP contribution in [-0.4, -0.2) is 53.9 Å². The summed E-state index contributed by atoms with van der Waals surface area (Å²) < 4.78 is 32.1. The van der Waals surface area contributed by atoms with Crippen LogP contribution in [0.2, 0.25) is 0 Å². The Kier molecular flexibility index (Phi) is 4.09. The number of carbonyl (C=O) groups excluding carboxylic acids is 1. The van der Waals surface area contributed by atoms with Crippen LogP contribution in [0.1, 0.15) is 27.7 Å². The molecule has 3 atom stereocenters. The molecule has 1 N–H and O–H groups in total. The summed E-state index contributed by atoms with van der Waals surface area (Å²) in [6.07, 6.45) is -0.689. The number of ether oxygens (including phenoxy) is 3. The van der Waals surface area contributed by atoms with Crippen molar-refractivity contribution in [1.29, 1.82) is 0 Å². The van der Waals surface area contributed by atoms with Gasteiger partial charge in [-0.25, -0.2) is 4.39 Å². The molecule has 2 saturated heterocycles. The second-order valence-corrected chi connectivity index (χ2v) is 7.46. The zero-order chi connectivity index (χ0) is 18.6. The molecule has 2 aliphatic rings. The van der Waals surface area contributed by atoms with Gasteiger partial charge in [0.1, 0.15) is 23.5 Å². The fourth-order valence-corrected chi connectivity index (χ4v) is 3.48. The number of halogens is 1. The van der Waals surface area contributed by atoms with Gasteiger partial charge in [-0.15, -0.1) is 0 Å². The Labute approximate surface area is 146 Å². The van der Waals surface area contributed by atoms with Gasteiger partial charge in [0.15, 0.2) is 5.79 Å². The first-order chi connectivity index (χ1) is 11.5. The summed E-state index contributed by atoms with van der Waals surface area (Å²) in [6.45, 7) is 6.19. The van der Waals surface area contributed by atoms with Crippen molar-refractivity contribution >= 4 is 11.6 Å². The second kappa shape index (κ2) is 5.65. The largest absolute Gasteiger partial charge is 0.497 e. The van der Waals surface area contributed by atoms with Crippen LogP contribution in [0.3, 0.4) is 0 Å². The van der Waals surface area contributed by atoms with E-state index in [0.717, 1.165) is 0 Å². The molecule has 138 valence electrons.